The maximum atomic E-state index is 13.1. The van der Waals surface area contributed by atoms with Crippen molar-refractivity contribution in [3.05, 3.63) is 65.0 Å². The molecule has 2 aromatic carbocycles. The average molecular weight is 483 g/mol. The number of carbonyl (C=O) groups excluding carboxylic acids is 3. The molecule has 178 valence electrons. The van der Waals surface area contributed by atoms with Crippen molar-refractivity contribution in [1.29, 1.82) is 0 Å². The van der Waals surface area contributed by atoms with E-state index < -0.39 is 18.0 Å². The van der Waals surface area contributed by atoms with Gasteiger partial charge in [0.15, 0.2) is 0 Å². The zero-order chi connectivity index (χ0) is 23.9. The number of anilines is 1. The quantitative estimate of drug-likeness (QED) is 0.249. The average Bonchev–Trinajstić information content (AvgIpc) is 3.52. The summed E-state index contributed by atoms with van der Waals surface area (Å²) in [5.41, 5.74) is 3.07. The molecule has 2 heterocycles. The van der Waals surface area contributed by atoms with E-state index in [0.29, 0.717) is 30.1 Å². The number of amides is 4. The second-order valence-electron chi connectivity index (χ2n) is 8.03. The number of fused-ring (bicyclic) bond motifs is 1. The third-order valence-corrected chi connectivity index (χ3v) is 6.64. The molecule has 1 aromatic heterocycles. The van der Waals surface area contributed by atoms with Gasteiger partial charge < -0.3 is 20.7 Å². The van der Waals surface area contributed by atoms with Crippen LogP contribution in [-0.2, 0) is 16.0 Å². The fourth-order valence-corrected chi connectivity index (χ4v) is 4.73. The summed E-state index contributed by atoms with van der Waals surface area (Å²) in [7, 11) is 0. The Kier molecular flexibility index (Phi) is 7.73. The van der Waals surface area contributed by atoms with Gasteiger partial charge in [0.2, 0.25) is 5.91 Å². The Labute approximate surface area is 200 Å². The zero-order valence-electron chi connectivity index (χ0n) is 18.4. The molecule has 1 aliphatic heterocycles. The minimum atomic E-state index is -0.805. The lowest BCUT2D eigenvalue weighted by Gasteiger charge is -2.20. The first-order valence-corrected chi connectivity index (χ1v) is 11.8. The molecule has 0 saturated carbocycles. The van der Waals surface area contributed by atoms with Crippen LogP contribution >= 0.6 is 11.3 Å². The molecule has 0 aliphatic carbocycles. The SMILES string of the molecule is O=C(NCC1CCCO1)NC(Cc1ccccc1)C(=O)Nc1ccc2sc(C(=O)NO)cc2c1. The van der Waals surface area contributed by atoms with Crippen molar-refractivity contribution < 1.29 is 24.3 Å². The van der Waals surface area contributed by atoms with Gasteiger partial charge in [-0.3, -0.25) is 14.8 Å². The number of hydrogen-bond acceptors (Lipinski definition) is 6. The van der Waals surface area contributed by atoms with Crippen molar-refractivity contribution in [2.24, 2.45) is 0 Å². The van der Waals surface area contributed by atoms with Crippen molar-refractivity contribution in [2.75, 3.05) is 18.5 Å². The first-order valence-electron chi connectivity index (χ1n) is 11.0. The van der Waals surface area contributed by atoms with Crippen LogP contribution in [0.3, 0.4) is 0 Å². The monoisotopic (exact) mass is 482 g/mol. The van der Waals surface area contributed by atoms with Crippen molar-refractivity contribution in [2.45, 2.75) is 31.4 Å². The van der Waals surface area contributed by atoms with E-state index in [1.807, 2.05) is 30.3 Å². The van der Waals surface area contributed by atoms with Gasteiger partial charge in [-0.25, -0.2) is 10.3 Å². The van der Waals surface area contributed by atoms with Crippen LogP contribution in [0.5, 0.6) is 0 Å². The minimum Gasteiger partial charge on any atom is -0.376 e. The topological polar surface area (TPSA) is 129 Å². The number of urea groups is 1. The number of thiophene rings is 1. The second-order valence-corrected chi connectivity index (χ2v) is 9.11. The third kappa shape index (κ3) is 6.10. The number of benzene rings is 2. The van der Waals surface area contributed by atoms with E-state index >= 15 is 0 Å². The molecule has 4 amide bonds. The molecule has 0 bridgehead atoms. The van der Waals surface area contributed by atoms with Crippen molar-refractivity contribution in [3.63, 3.8) is 0 Å². The summed E-state index contributed by atoms with van der Waals surface area (Å²) in [5, 5.41) is 18.0. The molecule has 5 N–H and O–H groups in total. The van der Waals surface area contributed by atoms with E-state index in [2.05, 4.69) is 16.0 Å². The van der Waals surface area contributed by atoms with Gasteiger partial charge in [0.05, 0.1) is 11.0 Å². The Morgan fingerprint density at radius 3 is 2.68 bits per heavy atom. The molecule has 0 radical (unpaired) electrons. The Hall–Kier alpha value is -3.47. The number of rotatable bonds is 8. The van der Waals surface area contributed by atoms with Gasteiger partial charge in [0, 0.05) is 30.0 Å². The zero-order valence-corrected chi connectivity index (χ0v) is 19.2. The standard InChI is InChI=1S/C24H26N4O5S/c29-22(26-17-8-9-20-16(12-17)13-21(34-20)23(30)28-32)19(11-15-5-2-1-3-6-15)27-24(31)25-14-18-7-4-10-33-18/h1-3,5-6,8-9,12-13,18-19,32H,4,7,10-11,14H2,(H,26,29)(H,28,30)(H2,25,27,31). The van der Waals surface area contributed by atoms with Crippen LogP contribution in [0.2, 0.25) is 0 Å². The highest BCUT2D eigenvalue weighted by molar-refractivity contribution is 7.20. The van der Waals surface area contributed by atoms with E-state index in [1.54, 1.807) is 29.7 Å². The lowest BCUT2D eigenvalue weighted by Crippen LogP contribution is -2.50. The Balaban J connectivity index is 1.45. The lowest BCUT2D eigenvalue weighted by molar-refractivity contribution is -0.117. The summed E-state index contributed by atoms with van der Waals surface area (Å²) in [5.74, 6) is -0.952. The van der Waals surface area contributed by atoms with Gasteiger partial charge >= 0.3 is 6.03 Å². The maximum Gasteiger partial charge on any atom is 0.315 e. The number of hydroxylamine groups is 1. The first kappa shape index (κ1) is 23.7. The van der Waals surface area contributed by atoms with Crippen LogP contribution in [0.15, 0.2) is 54.6 Å². The highest BCUT2D eigenvalue weighted by Gasteiger charge is 2.23. The fraction of sp³-hybridized carbons (Fsp3) is 0.292. The van der Waals surface area contributed by atoms with Crippen LogP contribution in [0.4, 0.5) is 10.5 Å². The van der Waals surface area contributed by atoms with E-state index in [9.17, 15) is 14.4 Å². The van der Waals surface area contributed by atoms with Crippen LogP contribution in [0, 0.1) is 0 Å². The molecule has 2 unspecified atom stereocenters. The summed E-state index contributed by atoms with van der Waals surface area (Å²) in [6, 6.07) is 15.1. The molecule has 0 spiro atoms. The first-order chi connectivity index (χ1) is 16.5. The molecule has 3 aromatic rings. The van der Waals surface area contributed by atoms with Crippen LogP contribution < -0.4 is 21.4 Å². The van der Waals surface area contributed by atoms with E-state index in [4.69, 9.17) is 9.94 Å². The van der Waals surface area contributed by atoms with Gasteiger partial charge in [-0.2, -0.15) is 0 Å². The van der Waals surface area contributed by atoms with Gasteiger partial charge in [-0.15, -0.1) is 11.3 Å². The largest absolute Gasteiger partial charge is 0.376 e. The van der Waals surface area contributed by atoms with Crippen LogP contribution in [-0.4, -0.2) is 48.4 Å². The van der Waals surface area contributed by atoms with Crippen LogP contribution in [0.1, 0.15) is 28.1 Å². The molecule has 2 atom stereocenters. The van der Waals surface area contributed by atoms with Crippen molar-refractivity contribution in [3.8, 4) is 0 Å². The van der Waals surface area contributed by atoms with Crippen LogP contribution in [0.25, 0.3) is 10.1 Å². The molecule has 9 nitrogen and oxygen atoms in total. The molecular formula is C24H26N4O5S. The second kappa shape index (κ2) is 11.1. The molecular weight excluding hydrogens is 456 g/mol. The van der Waals surface area contributed by atoms with E-state index in [1.165, 1.54) is 11.3 Å². The van der Waals surface area contributed by atoms with Gasteiger partial charge in [-0.1, -0.05) is 30.3 Å². The van der Waals surface area contributed by atoms with Crippen molar-refractivity contribution in [1.82, 2.24) is 16.1 Å². The predicted molar refractivity (Wildman–Crippen MR) is 129 cm³/mol. The Morgan fingerprint density at radius 1 is 1.12 bits per heavy atom. The predicted octanol–water partition coefficient (Wildman–Crippen LogP) is 3.05. The summed E-state index contributed by atoms with van der Waals surface area (Å²) >= 11 is 1.23. The number of hydrogen-bond donors (Lipinski definition) is 5. The number of carbonyl (C=O) groups is 3. The third-order valence-electron chi connectivity index (χ3n) is 5.53. The highest BCUT2D eigenvalue weighted by Crippen LogP contribution is 2.28. The molecule has 10 heteroatoms. The fourth-order valence-electron chi connectivity index (χ4n) is 3.80. The summed E-state index contributed by atoms with van der Waals surface area (Å²) in [6.45, 7) is 1.09. The van der Waals surface area contributed by atoms with E-state index in [0.717, 1.165) is 28.5 Å². The number of ether oxygens (including phenoxy) is 1. The van der Waals surface area contributed by atoms with Gasteiger partial charge in [0.1, 0.15) is 6.04 Å². The molecule has 1 aliphatic rings. The van der Waals surface area contributed by atoms with Gasteiger partial charge in [-0.05, 0) is 48.1 Å². The summed E-state index contributed by atoms with van der Waals surface area (Å²) in [6.07, 6.45) is 2.21. The Bertz CT molecular complexity index is 1160. The highest BCUT2D eigenvalue weighted by atomic mass is 32.1. The molecule has 1 saturated heterocycles. The molecule has 34 heavy (non-hydrogen) atoms. The van der Waals surface area contributed by atoms with Gasteiger partial charge in [0.25, 0.3) is 5.91 Å². The maximum absolute atomic E-state index is 13.1. The summed E-state index contributed by atoms with van der Waals surface area (Å²) < 4.78 is 6.37. The smallest absolute Gasteiger partial charge is 0.315 e. The Morgan fingerprint density at radius 2 is 1.94 bits per heavy atom. The van der Waals surface area contributed by atoms with Crippen molar-refractivity contribution >= 4 is 45.0 Å². The molecule has 4 rings (SSSR count). The minimum absolute atomic E-state index is 0.00212. The summed E-state index contributed by atoms with van der Waals surface area (Å²) in [4.78, 5) is 37.7. The van der Waals surface area contributed by atoms with E-state index in [-0.39, 0.29) is 12.0 Å². The lowest BCUT2D eigenvalue weighted by atomic mass is 10.1. The number of nitrogens with one attached hydrogen (secondary N) is 4. The normalized spacial score (nSPS) is 16.1. The molecule has 1 fully saturated rings.